The summed E-state index contributed by atoms with van der Waals surface area (Å²) in [5.41, 5.74) is 0.444. The molecule has 1 rings (SSSR count). The lowest BCUT2D eigenvalue weighted by Crippen LogP contribution is -2.30. The summed E-state index contributed by atoms with van der Waals surface area (Å²) in [6, 6.07) is 0.000887. The van der Waals surface area contributed by atoms with Crippen LogP contribution in [0.1, 0.15) is 13.8 Å². The molecule has 15 heavy (non-hydrogen) atoms. The Kier molecular flexibility index (Phi) is 3.96. The van der Waals surface area contributed by atoms with E-state index in [1.807, 2.05) is 13.8 Å². The van der Waals surface area contributed by atoms with Crippen LogP contribution >= 0.6 is 0 Å². The number of carbonyl (C=O) groups excluding carboxylic acids is 1. The molecule has 0 aromatic heterocycles. The highest BCUT2D eigenvalue weighted by molar-refractivity contribution is 6.31. The van der Waals surface area contributed by atoms with Gasteiger partial charge in [-0.05, 0) is 0 Å². The maximum Gasteiger partial charge on any atom is 0.154 e. The molecule has 0 bridgehead atoms. The Labute approximate surface area is 89.3 Å². The summed E-state index contributed by atoms with van der Waals surface area (Å²) >= 11 is 0. The molecule has 0 aromatic carbocycles. The molecule has 2 N–H and O–H groups in total. The quantitative estimate of drug-likeness (QED) is 0.297. The van der Waals surface area contributed by atoms with Crippen LogP contribution in [-0.4, -0.2) is 42.6 Å². The number of carbonyl (C=O) groups is 1. The zero-order valence-corrected chi connectivity index (χ0v) is 9.27. The van der Waals surface area contributed by atoms with Crippen molar-refractivity contribution < 1.29 is 10.0 Å². The van der Waals surface area contributed by atoms with E-state index in [0.29, 0.717) is 5.71 Å². The van der Waals surface area contributed by atoms with Gasteiger partial charge in [0.05, 0.1) is 6.04 Å². The first-order valence-electron chi connectivity index (χ1n) is 5.03. The summed E-state index contributed by atoms with van der Waals surface area (Å²) in [5, 5.41) is 14.9. The van der Waals surface area contributed by atoms with Crippen LogP contribution in [0, 0.1) is 11.8 Å². The lowest BCUT2D eigenvalue weighted by Gasteiger charge is -2.16. The smallest absolute Gasteiger partial charge is 0.154 e. The van der Waals surface area contributed by atoms with E-state index in [9.17, 15) is 4.79 Å². The number of hydrogen-bond donors (Lipinski definition) is 2. The van der Waals surface area contributed by atoms with E-state index in [1.54, 1.807) is 7.05 Å². The second kappa shape index (κ2) is 5.02. The van der Waals surface area contributed by atoms with E-state index < -0.39 is 0 Å². The highest BCUT2D eigenvalue weighted by Gasteiger charge is 2.35. The van der Waals surface area contributed by atoms with Crippen molar-refractivity contribution in [2.45, 2.75) is 19.9 Å². The SMILES string of the molecule is CN=CC(=NO)C(C)C(C)C(=O)C1CN1. The molecular formula is C10H17N3O2. The number of aliphatic imine (C=N–C) groups is 1. The zero-order valence-electron chi connectivity index (χ0n) is 9.27. The number of nitrogens with one attached hydrogen (secondary N) is 1. The van der Waals surface area contributed by atoms with Crippen LogP contribution in [0.4, 0.5) is 0 Å². The van der Waals surface area contributed by atoms with Gasteiger partial charge >= 0.3 is 0 Å². The van der Waals surface area contributed by atoms with Crippen LogP contribution in [-0.2, 0) is 4.79 Å². The third-order valence-corrected chi connectivity index (χ3v) is 2.79. The summed E-state index contributed by atoms with van der Waals surface area (Å²) < 4.78 is 0. The molecular weight excluding hydrogens is 194 g/mol. The lowest BCUT2D eigenvalue weighted by molar-refractivity contribution is -0.122. The first-order chi connectivity index (χ1) is 7.11. The van der Waals surface area contributed by atoms with Crippen molar-refractivity contribution in [1.82, 2.24) is 5.32 Å². The predicted molar refractivity (Wildman–Crippen MR) is 58.8 cm³/mol. The summed E-state index contributed by atoms with van der Waals surface area (Å²) in [6.07, 6.45) is 1.48. The Bertz CT molecular complexity index is 295. The highest BCUT2D eigenvalue weighted by atomic mass is 16.4. The van der Waals surface area contributed by atoms with Crippen molar-refractivity contribution >= 4 is 17.7 Å². The molecule has 3 atom stereocenters. The third kappa shape index (κ3) is 2.86. The van der Waals surface area contributed by atoms with Gasteiger partial charge in [0.2, 0.25) is 0 Å². The van der Waals surface area contributed by atoms with Crippen molar-refractivity contribution in [3.63, 3.8) is 0 Å². The molecule has 0 spiro atoms. The maximum absolute atomic E-state index is 11.7. The van der Waals surface area contributed by atoms with Gasteiger partial charge in [-0.15, -0.1) is 0 Å². The number of nitrogens with zero attached hydrogens (tertiary/aromatic N) is 2. The normalized spacial score (nSPS) is 25.3. The number of hydrogen-bond acceptors (Lipinski definition) is 5. The molecule has 1 aliphatic rings. The first-order valence-corrected chi connectivity index (χ1v) is 5.03. The summed E-state index contributed by atoms with van der Waals surface area (Å²) in [7, 11) is 1.60. The van der Waals surface area contributed by atoms with E-state index in [1.165, 1.54) is 6.21 Å². The van der Waals surface area contributed by atoms with Gasteiger partial charge in [-0.2, -0.15) is 0 Å². The fourth-order valence-electron chi connectivity index (χ4n) is 1.45. The van der Waals surface area contributed by atoms with E-state index in [2.05, 4.69) is 15.5 Å². The largest absolute Gasteiger partial charge is 0.411 e. The van der Waals surface area contributed by atoms with Gasteiger partial charge in [0, 0.05) is 31.6 Å². The zero-order chi connectivity index (χ0) is 11.4. The van der Waals surface area contributed by atoms with Gasteiger partial charge in [-0.25, -0.2) is 0 Å². The molecule has 5 heteroatoms. The van der Waals surface area contributed by atoms with Crippen molar-refractivity contribution in [2.75, 3.05) is 13.6 Å². The Morgan fingerprint density at radius 3 is 2.53 bits per heavy atom. The number of rotatable bonds is 5. The third-order valence-electron chi connectivity index (χ3n) is 2.79. The van der Waals surface area contributed by atoms with Crippen molar-refractivity contribution in [1.29, 1.82) is 0 Å². The van der Waals surface area contributed by atoms with Gasteiger partial charge in [0.25, 0.3) is 0 Å². The average Bonchev–Trinajstić information content (AvgIpc) is 3.06. The minimum Gasteiger partial charge on any atom is -0.411 e. The molecule has 0 aromatic rings. The number of Topliss-reactive ketones (excluding diaryl/α,β-unsaturated/α-hetero) is 1. The van der Waals surface area contributed by atoms with Crippen LogP contribution < -0.4 is 5.32 Å². The van der Waals surface area contributed by atoms with Crippen LogP contribution in [0.3, 0.4) is 0 Å². The van der Waals surface area contributed by atoms with E-state index in [4.69, 9.17) is 5.21 Å². The van der Waals surface area contributed by atoms with Crippen LogP contribution in [0.25, 0.3) is 0 Å². The first kappa shape index (κ1) is 11.8. The van der Waals surface area contributed by atoms with E-state index in [0.717, 1.165) is 6.54 Å². The molecule has 84 valence electrons. The molecule has 3 unspecified atom stereocenters. The molecule has 1 saturated heterocycles. The second-order valence-corrected chi connectivity index (χ2v) is 3.85. The molecule has 5 nitrogen and oxygen atoms in total. The predicted octanol–water partition coefficient (Wildman–Crippen LogP) is 0.330. The topological polar surface area (TPSA) is 84.0 Å². The Morgan fingerprint density at radius 1 is 1.53 bits per heavy atom. The summed E-state index contributed by atoms with van der Waals surface area (Å²) in [4.78, 5) is 15.5. The fraction of sp³-hybridized carbons (Fsp3) is 0.700. The van der Waals surface area contributed by atoms with Gasteiger partial charge in [-0.1, -0.05) is 19.0 Å². The van der Waals surface area contributed by atoms with E-state index in [-0.39, 0.29) is 23.7 Å². The van der Waals surface area contributed by atoms with Crippen molar-refractivity contribution in [2.24, 2.45) is 22.0 Å². The Morgan fingerprint density at radius 2 is 2.13 bits per heavy atom. The highest BCUT2D eigenvalue weighted by Crippen LogP contribution is 2.18. The summed E-state index contributed by atoms with van der Waals surface area (Å²) in [6.45, 7) is 4.48. The summed E-state index contributed by atoms with van der Waals surface area (Å²) in [5.74, 6) is -0.101. The van der Waals surface area contributed by atoms with E-state index >= 15 is 0 Å². The number of oxime groups is 1. The van der Waals surface area contributed by atoms with Gasteiger partial charge in [0.1, 0.15) is 5.71 Å². The molecule has 0 radical (unpaired) electrons. The molecule has 0 saturated carbocycles. The molecule has 1 fully saturated rings. The second-order valence-electron chi connectivity index (χ2n) is 3.85. The average molecular weight is 211 g/mol. The molecule has 1 heterocycles. The molecule has 0 amide bonds. The van der Waals surface area contributed by atoms with Gasteiger partial charge in [0.15, 0.2) is 5.78 Å². The van der Waals surface area contributed by atoms with Crippen LogP contribution in [0.15, 0.2) is 10.1 Å². The number of ketones is 1. The van der Waals surface area contributed by atoms with Crippen LogP contribution in [0.2, 0.25) is 0 Å². The lowest BCUT2D eigenvalue weighted by atomic mass is 9.87. The fourth-order valence-corrected chi connectivity index (χ4v) is 1.45. The molecule has 0 aliphatic carbocycles. The van der Waals surface area contributed by atoms with Crippen molar-refractivity contribution in [3.8, 4) is 0 Å². The molecule has 1 aliphatic heterocycles. The minimum atomic E-state index is -0.158. The Hall–Kier alpha value is -1.23. The van der Waals surface area contributed by atoms with Crippen LogP contribution in [0.5, 0.6) is 0 Å². The maximum atomic E-state index is 11.7. The van der Waals surface area contributed by atoms with Gasteiger partial charge in [-0.3, -0.25) is 9.79 Å². The standard InChI is InChI=1S/C10H17N3O2/c1-6(8(13-15)4-11-3)7(2)10(14)9-5-12-9/h4,6-7,9,12,15H,5H2,1-3H3. The van der Waals surface area contributed by atoms with Gasteiger partial charge < -0.3 is 10.5 Å². The minimum absolute atomic E-state index is 0.000887. The van der Waals surface area contributed by atoms with Crippen molar-refractivity contribution in [3.05, 3.63) is 0 Å². The monoisotopic (exact) mass is 211 g/mol. The Balaban J connectivity index is 2.64.